The second-order valence-corrected chi connectivity index (χ2v) is 3.53. The highest BCUT2D eigenvalue weighted by Gasteiger charge is 2.33. The zero-order valence-electron chi connectivity index (χ0n) is 9.10. The summed E-state index contributed by atoms with van der Waals surface area (Å²) in [6.07, 6.45) is -1.88. The minimum atomic E-state index is -1.34. The second-order valence-electron chi connectivity index (χ2n) is 3.53. The van der Waals surface area contributed by atoms with Crippen molar-refractivity contribution in [1.29, 1.82) is 0 Å². The number of aliphatic hydroxyl groups excluding tert-OH is 2. The van der Waals surface area contributed by atoms with Gasteiger partial charge in [0.15, 0.2) is 5.76 Å². The van der Waals surface area contributed by atoms with Crippen molar-refractivity contribution in [3.63, 3.8) is 0 Å². The number of hydrogen-bond acceptors (Lipinski definition) is 6. The molecule has 6 heteroatoms. The maximum Gasteiger partial charge on any atom is 0.307 e. The lowest BCUT2D eigenvalue weighted by atomic mass is 9.98. The van der Waals surface area contributed by atoms with Crippen LogP contribution in [0.4, 0.5) is 0 Å². The molecule has 0 radical (unpaired) electrons. The zero-order valence-corrected chi connectivity index (χ0v) is 9.10. The molecular formula is C10H14O6. The van der Waals surface area contributed by atoms with Gasteiger partial charge in [-0.2, -0.15) is 0 Å². The van der Waals surface area contributed by atoms with E-state index >= 15 is 0 Å². The second kappa shape index (κ2) is 5.09. The molecule has 0 aromatic heterocycles. The lowest BCUT2D eigenvalue weighted by molar-refractivity contribution is -0.145. The minimum Gasteiger partial charge on any atom is -0.428 e. The van der Waals surface area contributed by atoms with E-state index < -0.39 is 24.1 Å². The van der Waals surface area contributed by atoms with E-state index in [4.69, 9.17) is 9.47 Å². The van der Waals surface area contributed by atoms with Gasteiger partial charge in [0.05, 0.1) is 6.10 Å². The lowest BCUT2D eigenvalue weighted by Gasteiger charge is -2.26. The molecule has 1 rings (SSSR count). The Bertz CT molecular complexity index is 332. The van der Waals surface area contributed by atoms with Crippen LogP contribution in [-0.4, -0.2) is 34.4 Å². The molecular weight excluding hydrogens is 216 g/mol. The van der Waals surface area contributed by atoms with Crippen LogP contribution < -0.4 is 0 Å². The normalized spacial score (nSPS) is 25.2. The van der Waals surface area contributed by atoms with Crippen LogP contribution in [0.25, 0.3) is 0 Å². The fraction of sp³-hybridized carbons (Fsp3) is 0.600. The van der Waals surface area contributed by atoms with Crippen LogP contribution >= 0.6 is 0 Å². The Morgan fingerprint density at radius 3 is 2.25 bits per heavy atom. The number of ether oxygens (including phenoxy) is 2. The molecule has 0 saturated heterocycles. The fourth-order valence-electron chi connectivity index (χ4n) is 1.45. The number of allylic oxidation sites excluding steroid dienone is 1. The van der Waals surface area contributed by atoms with E-state index in [1.807, 2.05) is 0 Å². The lowest BCUT2D eigenvalue weighted by Crippen LogP contribution is -2.34. The van der Waals surface area contributed by atoms with Gasteiger partial charge in [0, 0.05) is 20.3 Å². The molecule has 0 bridgehead atoms. The standard InChI is InChI=1S/C10H14O6/c1-5(11)15-8-4-3-7(13)9(14)10(8)16-6(2)12/h7,9,13-14H,3-4H2,1-2H3/t7-,9-/m0/s1. The maximum absolute atomic E-state index is 10.8. The Morgan fingerprint density at radius 2 is 1.75 bits per heavy atom. The number of carbonyl (C=O) groups excluding carboxylic acids is 2. The smallest absolute Gasteiger partial charge is 0.307 e. The molecule has 1 aliphatic rings. The summed E-state index contributed by atoms with van der Waals surface area (Å²) in [5, 5.41) is 19.0. The highest BCUT2D eigenvalue weighted by atomic mass is 16.6. The Labute approximate surface area is 92.5 Å². The van der Waals surface area contributed by atoms with Crippen LogP contribution in [0.1, 0.15) is 26.7 Å². The van der Waals surface area contributed by atoms with Crippen LogP contribution in [0.3, 0.4) is 0 Å². The summed E-state index contributed by atoms with van der Waals surface area (Å²) in [5.41, 5.74) is 0. The van der Waals surface area contributed by atoms with Gasteiger partial charge >= 0.3 is 11.9 Å². The van der Waals surface area contributed by atoms with Gasteiger partial charge in [0.25, 0.3) is 0 Å². The summed E-state index contributed by atoms with van der Waals surface area (Å²) in [4.78, 5) is 21.6. The molecule has 0 aliphatic heterocycles. The molecule has 0 heterocycles. The highest BCUT2D eigenvalue weighted by Crippen LogP contribution is 2.27. The van der Waals surface area contributed by atoms with E-state index in [1.54, 1.807) is 0 Å². The minimum absolute atomic E-state index is 0.0977. The molecule has 16 heavy (non-hydrogen) atoms. The van der Waals surface area contributed by atoms with Crippen molar-refractivity contribution < 1.29 is 29.3 Å². The third-order valence-corrected chi connectivity index (χ3v) is 2.10. The molecule has 0 spiro atoms. The first-order valence-corrected chi connectivity index (χ1v) is 4.87. The summed E-state index contributed by atoms with van der Waals surface area (Å²) in [6, 6.07) is 0. The first kappa shape index (κ1) is 12.7. The number of rotatable bonds is 2. The van der Waals surface area contributed by atoms with Crippen molar-refractivity contribution in [2.75, 3.05) is 0 Å². The fourth-order valence-corrected chi connectivity index (χ4v) is 1.45. The van der Waals surface area contributed by atoms with Gasteiger partial charge in [-0.3, -0.25) is 9.59 Å². The van der Waals surface area contributed by atoms with Gasteiger partial charge in [0.1, 0.15) is 11.9 Å². The Balaban J connectivity index is 2.95. The van der Waals surface area contributed by atoms with E-state index in [0.717, 1.165) is 6.92 Å². The van der Waals surface area contributed by atoms with E-state index in [-0.39, 0.29) is 24.4 Å². The molecule has 0 aromatic rings. The summed E-state index contributed by atoms with van der Waals surface area (Å²) in [6.45, 7) is 2.36. The van der Waals surface area contributed by atoms with Gasteiger partial charge in [-0.25, -0.2) is 0 Å². The maximum atomic E-state index is 10.8. The van der Waals surface area contributed by atoms with E-state index in [1.165, 1.54) is 6.92 Å². The van der Waals surface area contributed by atoms with Crippen LogP contribution in [-0.2, 0) is 19.1 Å². The molecule has 2 N–H and O–H groups in total. The third kappa shape index (κ3) is 3.04. The largest absolute Gasteiger partial charge is 0.428 e. The topological polar surface area (TPSA) is 93.1 Å². The van der Waals surface area contributed by atoms with Crippen molar-refractivity contribution in [2.24, 2.45) is 0 Å². The van der Waals surface area contributed by atoms with Crippen molar-refractivity contribution in [3.8, 4) is 0 Å². The van der Waals surface area contributed by atoms with Crippen molar-refractivity contribution >= 4 is 11.9 Å². The van der Waals surface area contributed by atoms with Gasteiger partial charge < -0.3 is 19.7 Å². The van der Waals surface area contributed by atoms with Crippen LogP contribution in [0.2, 0.25) is 0 Å². The molecule has 90 valence electrons. The van der Waals surface area contributed by atoms with Gasteiger partial charge in [-0.1, -0.05) is 0 Å². The first-order valence-electron chi connectivity index (χ1n) is 4.87. The predicted octanol–water partition coefficient (Wildman–Crippen LogP) is -0.160. The summed E-state index contributed by atoms with van der Waals surface area (Å²) >= 11 is 0. The Kier molecular flexibility index (Phi) is 4.03. The predicted molar refractivity (Wildman–Crippen MR) is 51.8 cm³/mol. The average molecular weight is 230 g/mol. The van der Waals surface area contributed by atoms with Crippen LogP contribution in [0, 0.1) is 0 Å². The molecule has 0 aromatic carbocycles. The number of aliphatic hydroxyl groups is 2. The molecule has 0 saturated carbocycles. The third-order valence-electron chi connectivity index (χ3n) is 2.10. The molecule has 6 nitrogen and oxygen atoms in total. The van der Waals surface area contributed by atoms with E-state index in [0.29, 0.717) is 0 Å². The SMILES string of the molecule is CC(=O)OC1=C(OC(C)=O)[C@@H](O)[C@@H](O)CC1. The highest BCUT2D eigenvalue weighted by molar-refractivity contribution is 5.69. The van der Waals surface area contributed by atoms with Gasteiger partial charge in [-0.15, -0.1) is 0 Å². The van der Waals surface area contributed by atoms with Crippen LogP contribution in [0.5, 0.6) is 0 Å². The number of hydrogen-bond donors (Lipinski definition) is 2. The molecule has 2 atom stereocenters. The number of esters is 2. The molecule has 0 fully saturated rings. The summed E-state index contributed by atoms with van der Waals surface area (Å²) in [5.74, 6) is -1.29. The van der Waals surface area contributed by atoms with Gasteiger partial charge in [-0.05, 0) is 6.42 Å². The van der Waals surface area contributed by atoms with Gasteiger partial charge in [0.2, 0.25) is 0 Å². The number of carbonyl (C=O) groups is 2. The van der Waals surface area contributed by atoms with E-state index in [2.05, 4.69) is 0 Å². The monoisotopic (exact) mass is 230 g/mol. The van der Waals surface area contributed by atoms with Crippen molar-refractivity contribution in [2.45, 2.75) is 38.9 Å². The summed E-state index contributed by atoms with van der Waals surface area (Å²) < 4.78 is 9.56. The molecule has 1 aliphatic carbocycles. The van der Waals surface area contributed by atoms with Crippen LogP contribution in [0.15, 0.2) is 11.5 Å². The van der Waals surface area contributed by atoms with E-state index in [9.17, 15) is 19.8 Å². The Morgan fingerprint density at radius 1 is 1.19 bits per heavy atom. The van der Waals surface area contributed by atoms with Crippen molar-refractivity contribution in [3.05, 3.63) is 11.5 Å². The molecule has 0 unspecified atom stereocenters. The molecule has 0 amide bonds. The zero-order chi connectivity index (χ0) is 12.3. The first-order chi connectivity index (χ1) is 7.41. The van der Waals surface area contributed by atoms with Crippen molar-refractivity contribution in [1.82, 2.24) is 0 Å². The summed E-state index contributed by atoms with van der Waals surface area (Å²) in [7, 11) is 0. The quantitative estimate of drug-likeness (QED) is 0.640. The average Bonchev–Trinajstić information content (AvgIpc) is 2.16. The Hall–Kier alpha value is -1.40.